The zero-order chi connectivity index (χ0) is 23.4. The highest BCUT2D eigenvalue weighted by atomic mass is 16.2. The summed E-state index contributed by atoms with van der Waals surface area (Å²) in [7, 11) is 0. The fraction of sp³-hybridized carbons (Fsp3) is 0.240. The van der Waals surface area contributed by atoms with E-state index in [1.165, 1.54) is 11.1 Å². The fourth-order valence-electron chi connectivity index (χ4n) is 4.65. The van der Waals surface area contributed by atoms with E-state index in [9.17, 15) is 9.59 Å². The van der Waals surface area contributed by atoms with Gasteiger partial charge < -0.3 is 16.0 Å². The van der Waals surface area contributed by atoms with Crippen molar-refractivity contribution in [2.45, 2.75) is 38.5 Å². The molecule has 9 heteroatoms. The average molecular weight is 454 g/mol. The normalized spacial score (nSPS) is 15.6. The van der Waals surface area contributed by atoms with Crippen LogP contribution in [0.3, 0.4) is 0 Å². The number of anilines is 4. The number of carbonyl (C=O) groups excluding carboxylic acids is 2. The number of fused-ring (bicyclic) bond motifs is 3. The van der Waals surface area contributed by atoms with Crippen LogP contribution in [-0.4, -0.2) is 31.4 Å². The van der Waals surface area contributed by atoms with Crippen LogP contribution in [0.1, 0.15) is 47.3 Å². The summed E-state index contributed by atoms with van der Waals surface area (Å²) >= 11 is 0. The molecular formula is C25H23N7O2. The maximum atomic E-state index is 12.9. The lowest BCUT2D eigenvalue weighted by Gasteiger charge is -2.14. The summed E-state index contributed by atoms with van der Waals surface area (Å²) in [5.41, 5.74) is 5.48. The lowest BCUT2D eigenvalue weighted by atomic mass is 9.86. The highest BCUT2D eigenvalue weighted by molar-refractivity contribution is 6.06. The molecule has 2 aromatic carbocycles. The highest BCUT2D eigenvalue weighted by Gasteiger charge is 2.38. The molecule has 6 rings (SSSR count). The van der Waals surface area contributed by atoms with Crippen LogP contribution in [0.25, 0.3) is 5.65 Å². The van der Waals surface area contributed by atoms with Crippen LogP contribution in [0.4, 0.5) is 23.1 Å². The van der Waals surface area contributed by atoms with Crippen LogP contribution in [-0.2, 0) is 23.1 Å². The van der Waals surface area contributed by atoms with E-state index >= 15 is 0 Å². The number of carbonyl (C=O) groups is 2. The molecule has 1 aliphatic carbocycles. The van der Waals surface area contributed by atoms with E-state index in [4.69, 9.17) is 0 Å². The summed E-state index contributed by atoms with van der Waals surface area (Å²) in [4.78, 5) is 33.9. The van der Waals surface area contributed by atoms with E-state index in [0.717, 1.165) is 36.2 Å². The van der Waals surface area contributed by atoms with Gasteiger partial charge in [-0.3, -0.25) is 9.59 Å². The van der Waals surface area contributed by atoms with Gasteiger partial charge in [-0.25, -0.2) is 9.50 Å². The fourth-order valence-corrected chi connectivity index (χ4v) is 4.65. The van der Waals surface area contributed by atoms with E-state index in [1.807, 2.05) is 50.2 Å². The van der Waals surface area contributed by atoms with Crippen LogP contribution < -0.4 is 16.0 Å². The van der Waals surface area contributed by atoms with Gasteiger partial charge in [-0.05, 0) is 74.1 Å². The third-order valence-corrected chi connectivity index (χ3v) is 6.61. The smallest absolute Gasteiger partial charge is 0.256 e. The summed E-state index contributed by atoms with van der Waals surface area (Å²) < 4.78 is 1.56. The first-order valence-electron chi connectivity index (χ1n) is 11.3. The predicted octanol–water partition coefficient (Wildman–Crippen LogP) is 3.84. The molecular weight excluding hydrogens is 430 g/mol. The minimum atomic E-state index is -0.563. The molecule has 0 unspecified atom stereocenters. The van der Waals surface area contributed by atoms with Crippen molar-refractivity contribution in [3.8, 4) is 0 Å². The number of benzene rings is 2. The third-order valence-electron chi connectivity index (χ3n) is 6.61. The molecule has 3 heterocycles. The quantitative estimate of drug-likeness (QED) is 0.433. The molecule has 34 heavy (non-hydrogen) atoms. The van der Waals surface area contributed by atoms with E-state index in [0.29, 0.717) is 23.0 Å². The number of hydrogen-bond donors (Lipinski definition) is 3. The zero-order valence-electron chi connectivity index (χ0n) is 18.8. The van der Waals surface area contributed by atoms with Crippen LogP contribution in [0.2, 0.25) is 0 Å². The molecule has 0 saturated heterocycles. The molecule has 170 valence electrons. The molecule has 1 aliphatic heterocycles. The largest absolute Gasteiger partial charge is 0.325 e. The molecule has 4 aromatic rings. The summed E-state index contributed by atoms with van der Waals surface area (Å²) in [6.45, 7) is 3.80. The number of nitrogens with one attached hydrogen (secondary N) is 3. The zero-order valence-corrected chi connectivity index (χ0v) is 18.8. The Morgan fingerprint density at radius 1 is 1.12 bits per heavy atom. The lowest BCUT2D eigenvalue weighted by Crippen LogP contribution is -2.26. The molecule has 9 nitrogen and oxygen atoms in total. The second kappa shape index (κ2) is 7.38. The number of amides is 2. The number of rotatable bonds is 4. The molecule has 0 radical (unpaired) electrons. The Kier molecular flexibility index (Phi) is 4.41. The van der Waals surface area contributed by atoms with Gasteiger partial charge in [0.2, 0.25) is 17.5 Å². The lowest BCUT2D eigenvalue weighted by molar-refractivity contribution is -0.119. The van der Waals surface area contributed by atoms with E-state index in [1.54, 1.807) is 16.9 Å². The van der Waals surface area contributed by atoms with Gasteiger partial charge in [0.05, 0.1) is 5.41 Å². The Labute approximate surface area is 195 Å². The standard InChI is InChI=1S/C25H23N7O2/c1-25(2)18-9-8-17(13-19(18)28-23(25)34)27-24-30-21-20(26-10-11-32(21)31-24)29-22(33)16-7-6-14-4-3-5-15(14)12-16/h6-13H,3-5H2,1-2H3,(H,27,31)(H,28,34)(H,26,29,33). The van der Waals surface area contributed by atoms with Crippen LogP contribution in [0.15, 0.2) is 48.8 Å². The summed E-state index contributed by atoms with van der Waals surface area (Å²) in [6.07, 6.45) is 6.45. The molecule has 2 amide bonds. The molecule has 0 spiro atoms. The maximum absolute atomic E-state index is 12.9. The first-order valence-corrected chi connectivity index (χ1v) is 11.3. The van der Waals surface area contributed by atoms with Crippen LogP contribution >= 0.6 is 0 Å². The van der Waals surface area contributed by atoms with Gasteiger partial charge >= 0.3 is 0 Å². The van der Waals surface area contributed by atoms with Gasteiger partial charge in [-0.15, -0.1) is 5.10 Å². The average Bonchev–Trinajstić information content (AvgIpc) is 3.50. The molecule has 0 atom stereocenters. The highest BCUT2D eigenvalue weighted by Crippen LogP contribution is 2.39. The molecule has 0 saturated carbocycles. The van der Waals surface area contributed by atoms with Crippen molar-refractivity contribution in [1.82, 2.24) is 19.6 Å². The van der Waals surface area contributed by atoms with Crippen molar-refractivity contribution in [2.75, 3.05) is 16.0 Å². The van der Waals surface area contributed by atoms with Crippen molar-refractivity contribution in [3.05, 3.63) is 71.0 Å². The Hall–Kier alpha value is -4.27. The first-order chi connectivity index (χ1) is 16.4. The van der Waals surface area contributed by atoms with Crippen molar-refractivity contribution in [2.24, 2.45) is 0 Å². The monoisotopic (exact) mass is 453 g/mol. The predicted molar refractivity (Wildman–Crippen MR) is 129 cm³/mol. The molecule has 0 bridgehead atoms. The Balaban J connectivity index is 1.25. The maximum Gasteiger partial charge on any atom is 0.256 e. The van der Waals surface area contributed by atoms with Gasteiger partial charge in [0, 0.05) is 29.3 Å². The van der Waals surface area contributed by atoms with Crippen molar-refractivity contribution in [3.63, 3.8) is 0 Å². The summed E-state index contributed by atoms with van der Waals surface area (Å²) in [5.74, 6) is 0.422. The van der Waals surface area contributed by atoms with Crippen molar-refractivity contribution < 1.29 is 9.59 Å². The molecule has 2 aliphatic rings. The summed E-state index contributed by atoms with van der Waals surface area (Å²) in [5, 5.41) is 13.4. The van der Waals surface area contributed by atoms with Gasteiger partial charge in [0.25, 0.3) is 5.91 Å². The molecule has 2 aromatic heterocycles. The topological polar surface area (TPSA) is 113 Å². The molecule has 3 N–H and O–H groups in total. The van der Waals surface area contributed by atoms with Crippen LogP contribution in [0.5, 0.6) is 0 Å². The van der Waals surface area contributed by atoms with Gasteiger partial charge in [0.15, 0.2) is 5.82 Å². The van der Waals surface area contributed by atoms with Crippen molar-refractivity contribution in [1.29, 1.82) is 0 Å². The first kappa shape index (κ1) is 20.3. The second-order valence-electron chi connectivity index (χ2n) is 9.24. The van der Waals surface area contributed by atoms with E-state index in [-0.39, 0.29) is 11.8 Å². The Morgan fingerprint density at radius 3 is 2.85 bits per heavy atom. The van der Waals surface area contributed by atoms with Crippen molar-refractivity contribution >= 4 is 40.6 Å². The minimum Gasteiger partial charge on any atom is -0.325 e. The molecule has 0 fully saturated rings. The van der Waals surface area contributed by atoms with E-state index < -0.39 is 5.41 Å². The van der Waals surface area contributed by atoms with Gasteiger partial charge in [0.1, 0.15) is 0 Å². The number of hydrogen-bond acceptors (Lipinski definition) is 6. The Bertz CT molecular complexity index is 1490. The number of aryl methyl sites for hydroxylation is 2. The van der Waals surface area contributed by atoms with Gasteiger partial charge in [-0.2, -0.15) is 4.98 Å². The third kappa shape index (κ3) is 3.28. The van der Waals surface area contributed by atoms with Gasteiger partial charge in [-0.1, -0.05) is 12.1 Å². The van der Waals surface area contributed by atoms with Crippen LogP contribution in [0, 0.1) is 0 Å². The number of aromatic nitrogens is 4. The Morgan fingerprint density at radius 2 is 1.97 bits per heavy atom. The summed E-state index contributed by atoms with van der Waals surface area (Å²) in [6, 6.07) is 11.5. The number of nitrogens with zero attached hydrogens (tertiary/aromatic N) is 4. The second-order valence-corrected chi connectivity index (χ2v) is 9.24. The minimum absolute atomic E-state index is 0.0275. The van der Waals surface area contributed by atoms with E-state index in [2.05, 4.69) is 31.0 Å². The SMILES string of the molecule is CC1(C)C(=O)Nc2cc(Nc3nc4c(NC(=O)c5ccc6c(c5)CCC6)nccn4n3)ccc21.